The predicted octanol–water partition coefficient (Wildman–Crippen LogP) is 2.11. The second-order valence-corrected chi connectivity index (χ2v) is 8.17. The third-order valence-corrected chi connectivity index (χ3v) is 6.20. The Balaban J connectivity index is 1.37. The normalized spacial score (nSPS) is 20.2. The number of methoxy groups -OCH3 is 1. The summed E-state index contributed by atoms with van der Waals surface area (Å²) in [6, 6.07) is 7.92. The molecule has 0 spiro atoms. The van der Waals surface area contributed by atoms with Gasteiger partial charge in [0, 0.05) is 44.9 Å². The maximum Gasteiger partial charge on any atom is 0.222 e. The third kappa shape index (κ3) is 4.45. The summed E-state index contributed by atoms with van der Waals surface area (Å²) in [6.07, 6.45) is 4.35. The van der Waals surface area contributed by atoms with Gasteiger partial charge >= 0.3 is 0 Å². The number of amides is 1. The van der Waals surface area contributed by atoms with Gasteiger partial charge in [-0.3, -0.25) is 4.79 Å². The van der Waals surface area contributed by atoms with Crippen molar-refractivity contribution in [3.8, 4) is 5.75 Å². The maximum atomic E-state index is 12.9. The van der Waals surface area contributed by atoms with Gasteiger partial charge < -0.3 is 19.1 Å². The number of carbonyl (C=O) groups is 1. The molecule has 1 saturated heterocycles. The minimum absolute atomic E-state index is 0.202. The zero-order valence-electron chi connectivity index (χ0n) is 17.5. The van der Waals surface area contributed by atoms with Crippen molar-refractivity contribution in [2.45, 2.75) is 44.6 Å². The van der Waals surface area contributed by atoms with Crippen molar-refractivity contribution in [1.82, 2.24) is 24.6 Å². The largest absolute Gasteiger partial charge is 0.496 e. The van der Waals surface area contributed by atoms with Gasteiger partial charge in [-0.15, -0.1) is 10.2 Å². The number of aromatic nitrogens is 3. The number of para-hydroxylation sites is 1. The zero-order valence-corrected chi connectivity index (χ0v) is 17.5. The molecule has 7 nitrogen and oxygen atoms in total. The highest BCUT2D eigenvalue weighted by Gasteiger charge is 2.27. The first-order valence-corrected chi connectivity index (χ1v) is 10.7. The molecule has 1 atom stereocenters. The number of nitrogens with zero attached hydrogens (tertiary/aromatic N) is 5. The Labute approximate surface area is 172 Å². The molecule has 2 aliphatic heterocycles. The van der Waals surface area contributed by atoms with Crippen LogP contribution in [0, 0.1) is 0 Å². The fraction of sp³-hybridized carbons (Fsp3) is 0.591. The number of ether oxygens (including phenoxy) is 1. The molecule has 1 amide bonds. The lowest BCUT2D eigenvalue weighted by Crippen LogP contribution is -2.34. The molecule has 0 aliphatic carbocycles. The molecular formula is C22H31N5O2. The zero-order chi connectivity index (χ0) is 20.2. The van der Waals surface area contributed by atoms with Crippen LogP contribution < -0.4 is 4.74 Å². The molecule has 4 rings (SSSR count). The van der Waals surface area contributed by atoms with Crippen LogP contribution in [0.3, 0.4) is 0 Å². The Morgan fingerprint density at radius 3 is 2.86 bits per heavy atom. The van der Waals surface area contributed by atoms with Gasteiger partial charge in [0.15, 0.2) is 0 Å². The number of hydrogen-bond acceptors (Lipinski definition) is 5. The van der Waals surface area contributed by atoms with E-state index in [2.05, 4.69) is 26.7 Å². The van der Waals surface area contributed by atoms with Gasteiger partial charge in [-0.25, -0.2) is 0 Å². The molecule has 2 aliphatic rings. The van der Waals surface area contributed by atoms with E-state index in [-0.39, 0.29) is 5.91 Å². The maximum absolute atomic E-state index is 12.9. The second-order valence-electron chi connectivity index (χ2n) is 8.17. The molecule has 29 heavy (non-hydrogen) atoms. The summed E-state index contributed by atoms with van der Waals surface area (Å²) < 4.78 is 7.68. The van der Waals surface area contributed by atoms with Gasteiger partial charge in [-0.2, -0.15) is 0 Å². The highest BCUT2D eigenvalue weighted by molar-refractivity contribution is 5.76. The van der Waals surface area contributed by atoms with E-state index >= 15 is 0 Å². The van der Waals surface area contributed by atoms with Gasteiger partial charge in [0.1, 0.15) is 17.4 Å². The first kappa shape index (κ1) is 19.9. The molecule has 1 fully saturated rings. The van der Waals surface area contributed by atoms with Crippen molar-refractivity contribution < 1.29 is 9.53 Å². The molecule has 2 aromatic rings. The Bertz CT molecular complexity index is 849. The average molecular weight is 398 g/mol. The fourth-order valence-electron chi connectivity index (χ4n) is 4.58. The van der Waals surface area contributed by atoms with Crippen LogP contribution in [0.15, 0.2) is 24.3 Å². The van der Waals surface area contributed by atoms with Crippen LogP contribution in [0.2, 0.25) is 0 Å². The Morgan fingerprint density at radius 1 is 1.17 bits per heavy atom. The molecule has 1 unspecified atom stereocenters. The molecule has 1 aromatic heterocycles. The summed E-state index contributed by atoms with van der Waals surface area (Å²) >= 11 is 0. The van der Waals surface area contributed by atoms with Gasteiger partial charge in [0.05, 0.1) is 7.11 Å². The van der Waals surface area contributed by atoms with E-state index in [4.69, 9.17) is 4.74 Å². The lowest BCUT2D eigenvalue weighted by molar-refractivity contribution is -0.131. The van der Waals surface area contributed by atoms with Gasteiger partial charge in [0.2, 0.25) is 5.91 Å². The van der Waals surface area contributed by atoms with E-state index in [0.29, 0.717) is 25.3 Å². The smallest absolute Gasteiger partial charge is 0.222 e. The number of piperidine rings is 1. The van der Waals surface area contributed by atoms with Crippen molar-refractivity contribution in [2.75, 3.05) is 40.3 Å². The number of likely N-dealkylation sites (tertiary alicyclic amines) is 1. The van der Waals surface area contributed by atoms with E-state index in [9.17, 15) is 4.79 Å². The summed E-state index contributed by atoms with van der Waals surface area (Å²) in [4.78, 5) is 17.2. The number of carbonyl (C=O) groups excluding carboxylic acids is 1. The minimum atomic E-state index is 0.202. The predicted molar refractivity (Wildman–Crippen MR) is 111 cm³/mol. The summed E-state index contributed by atoms with van der Waals surface area (Å²) in [5, 5.41) is 9.00. The highest BCUT2D eigenvalue weighted by atomic mass is 16.5. The fourth-order valence-corrected chi connectivity index (χ4v) is 4.58. The Morgan fingerprint density at radius 2 is 2.03 bits per heavy atom. The number of hydrogen-bond donors (Lipinski definition) is 0. The lowest BCUT2D eigenvalue weighted by Gasteiger charge is -2.29. The van der Waals surface area contributed by atoms with Gasteiger partial charge in [0.25, 0.3) is 0 Å². The van der Waals surface area contributed by atoms with Gasteiger partial charge in [-0.1, -0.05) is 18.2 Å². The number of rotatable bonds is 5. The molecular weight excluding hydrogens is 366 g/mol. The minimum Gasteiger partial charge on any atom is -0.496 e. The van der Waals surface area contributed by atoms with Crippen LogP contribution in [0.1, 0.15) is 42.4 Å². The van der Waals surface area contributed by atoms with Crippen molar-refractivity contribution in [3.63, 3.8) is 0 Å². The van der Waals surface area contributed by atoms with E-state index < -0.39 is 0 Å². The van der Waals surface area contributed by atoms with Gasteiger partial charge in [-0.05, 0) is 44.5 Å². The molecule has 0 N–H and O–H groups in total. The van der Waals surface area contributed by atoms with Crippen LogP contribution in [-0.2, 0) is 24.2 Å². The van der Waals surface area contributed by atoms with E-state index in [1.807, 2.05) is 29.2 Å². The highest BCUT2D eigenvalue weighted by Crippen LogP contribution is 2.26. The van der Waals surface area contributed by atoms with Crippen LogP contribution in [0.4, 0.5) is 0 Å². The molecule has 0 bridgehead atoms. The topological polar surface area (TPSA) is 63.5 Å². The molecule has 0 saturated carbocycles. The van der Waals surface area contributed by atoms with E-state index in [0.717, 1.165) is 55.6 Å². The quantitative estimate of drug-likeness (QED) is 0.773. The molecule has 0 radical (unpaired) electrons. The molecule has 156 valence electrons. The van der Waals surface area contributed by atoms with E-state index in [1.54, 1.807) is 7.11 Å². The number of likely N-dealkylation sites (N-methyl/N-ethyl adjacent to an activating group) is 1. The number of fused-ring (bicyclic) bond motifs is 1. The van der Waals surface area contributed by atoms with Crippen LogP contribution in [0.25, 0.3) is 0 Å². The summed E-state index contributed by atoms with van der Waals surface area (Å²) in [7, 11) is 3.85. The molecule has 1 aromatic carbocycles. The number of benzene rings is 1. The Hall–Kier alpha value is -2.41. The summed E-state index contributed by atoms with van der Waals surface area (Å²) in [5.41, 5.74) is 1.08. The van der Waals surface area contributed by atoms with Crippen molar-refractivity contribution in [2.24, 2.45) is 0 Å². The monoisotopic (exact) mass is 397 g/mol. The number of aryl methyl sites for hydroxylation is 1. The SMILES string of the molecule is COc1ccccc1CCC(=O)N1CCc2nnc(C3CCCN(C)C3)n2CC1. The second kappa shape index (κ2) is 8.95. The summed E-state index contributed by atoms with van der Waals surface area (Å²) in [5.74, 6) is 3.63. The van der Waals surface area contributed by atoms with Crippen LogP contribution in [-0.4, -0.2) is 70.8 Å². The molecule has 3 heterocycles. The first-order valence-electron chi connectivity index (χ1n) is 10.7. The van der Waals surface area contributed by atoms with Crippen molar-refractivity contribution in [3.05, 3.63) is 41.5 Å². The van der Waals surface area contributed by atoms with Crippen molar-refractivity contribution in [1.29, 1.82) is 0 Å². The average Bonchev–Trinajstić information content (AvgIpc) is 3.03. The van der Waals surface area contributed by atoms with Crippen molar-refractivity contribution >= 4 is 5.91 Å². The standard InChI is InChI=1S/C22H31N5O2/c1-25-12-5-7-18(16-25)22-24-23-20-11-13-26(14-15-27(20)22)21(28)10-9-17-6-3-4-8-19(17)29-2/h3-4,6,8,18H,5,7,9-16H2,1-2H3. The summed E-state index contributed by atoms with van der Waals surface area (Å²) in [6.45, 7) is 4.43. The first-order chi connectivity index (χ1) is 14.2. The molecule has 7 heteroatoms. The van der Waals surface area contributed by atoms with Crippen LogP contribution in [0.5, 0.6) is 5.75 Å². The lowest BCUT2D eigenvalue weighted by atomic mass is 9.97. The third-order valence-electron chi connectivity index (χ3n) is 6.20. The van der Waals surface area contributed by atoms with E-state index in [1.165, 1.54) is 12.8 Å². The van der Waals surface area contributed by atoms with Crippen LogP contribution >= 0.6 is 0 Å². The Kier molecular flexibility index (Phi) is 6.13.